The van der Waals surface area contributed by atoms with E-state index in [1.54, 1.807) is 32.4 Å². The summed E-state index contributed by atoms with van der Waals surface area (Å²) in [5, 5.41) is 3.63. The van der Waals surface area contributed by atoms with Crippen molar-refractivity contribution in [1.82, 2.24) is 4.90 Å². The Kier molecular flexibility index (Phi) is 5.34. The van der Waals surface area contributed by atoms with Crippen molar-refractivity contribution in [2.24, 2.45) is 0 Å². The van der Waals surface area contributed by atoms with E-state index in [0.717, 1.165) is 24.9 Å². The molecule has 5 nitrogen and oxygen atoms in total. The summed E-state index contributed by atoms with van der Waals surface area (Å²) in [6.07, 6.45) is 1.90. The molecule has 0 saturated carbocycles. The third kappa shape index (κ3) is 3.82. The fourth-order valence-corrected chi connectivity index (χ4v) is 3.38. The van der Waals surface area contributed by atoms with Crippen LogP contribution in [0.4, 0.5) is 10.5 Å². The molecular formula is C19H21ClN2O3. The number of rotatable bonds is 4. The van der Waals surface area contributed by atoms with Gasteiger partial charge < -0.3 is 19.7 Å². The van der Waals surface area contributed by atoms with Gasteiger partial charge in [0.15, 0.2) is 11.5 Å². The van der Waals surface area contributed by atoms with Crippen molar-refractivity contribution in [2.45, 2.75) is 18.9 Å². The van der Waals surface area contributed by atoms with Gasteiger partial charge in [0.2, 0.25) is 0 Å². The molecule has 1 atom stereocenters. The first-order chi connectivity index (χ1) is 12.1. The van der Waals surface area contributed by atoms with E-state index in [9.17, 15) is 4.79 Å². The Morgan fingerprint density at radius 3 is 2.68 bits per heavy atom. The number of carbonyl (C=O) groups is 1. The summed E-state index contributed by atoms with van der Waals surface area (Å²) < 4.78 is 10.5. The maximum Gasteiger partial charge on any atom is 0.322 e. The second-order valence-electron chi connectivity index (χ2n) is 5.91. The fourth-order valence-electron chi connectivity index (χ4n) is 3.18. The van der Waals surface area contributed by atoms with E-state index in [2.05, 4.69) is 5.32 Å². The molecule has 1 unspecified atom stereocenters. The SMILES string of the molecule is COc1ccc(NC(=O)N2CCCC2c2cccc(Cl)c2)cc1OC. The van der Waals surface area contributed by atoms with Crippen LogP contribution in [0.3, 0.4) is 0 Å². The van der Waals surface area contributed by atoms with Crippen LogP contribution in [0.2, 0.25) is 5.02 Å². The zero-order valence-electron chi connectivity index (χ0n) is 14.3. The minimum atomic E-state index is -0.130. The lowest BCUT2D eigenvalue weighted by molar-refractivity contribution is 0.207. The topological polar surface area (TPSA) is 50.8 Å². The lowest BCUT2D eigenvalue weighted by Crippen LogP contribution is -2.34. The molecule has 132 valence electrons. The van der Waals surface area contributed by atoms with Gasteiger partial charge >= 0.3 is 6.03 Å². The van der Waals surface area contributed by atoms with Crippen molar-refractivity contribution in [2.75, 3.05) is 26.1 Å². The van der Waals surface area contributed by atoms with Gasteiger partial charge in [0.05, 0.1) is 20.3 Å². The number of nitrogens with one attached hydrogen (secondary N) is 1. The average Bonchev–Trinajstić information content (AvgIpc) is 3.11. The van der Waals surface area contributed by atoms with E-state index in [1.165, 1.54) is 0 Å². The van der Waals surface area contributed by atoms with Crippen molar-refractivity contribution in [3.63, 3.8) is 0 Å². The predicted molar refractivity (Wildman–Crippen MR) is 98.7 cm³/mol. The minimum Gasteiger partial charge on any atom is -0.493 e. The van der Waals surface area contributed by atoms with Crippen LogP contribution >= 0.6 is 11.6 Å². The monoisotopic (exact) mass is 360 g/mol. The fraction of sp³-hybridized carbons (Fsp3) is 0.316. The van der Waals surface area contributed by atoms with E-state index in [0.29, 0.717) is 22.2 Å². The highest BCUT2D eigenvalue weighted by Gasteiger charge is 2.30. The molecule has 1 N–H and O–H groups in total. The summed E-state index contributed by atoms with van der Waals surface area (Å²) in [5.74, 6) is 1.20. The summed E-state index contributed by atoms with van der Waals surface area (Å²) in [6, 6.07) is 12.9. The number of urea groups is 1. The standard InChI is InChI=1S/C19H21ClN2O3/c1-24-17-9-8-15(12-18(17)25-2)21-19(23)22-10-4-7-16(22)13-5-3-6-14(20)11-13/h3,5-6,8-9,11-12,16H,4,7,10H2,1-2H3,(H,21,23). The third-order valence-electron chi connectivity index (χ3n) is 4.38. The molecule has 1 fully saturated rings. The molecular weight excluding hydrogens is 340 g/mol. The predicted octanol–water partition coefficient (Wildman–Crippen LogP) is 4.73. The summed E-state index contributed by atoms with van der Waals surface area (Å²) in [6.45, 7) is 0.719. The van der Waals surface area contributed by atoms with Gasteiger partial charge in [-0.25, -0.2) is 4.79 Å². The van der Waals surface area contributed by atoms with Crippen LogP contribution in [-0.4, -0.2) is 31.7 Å². The number of carbonyl (C=O) groups excluding carboxylic acids is 1. The number of amides is 2. The number of benzene rings is 2. The second kappa shape index (κ2) is 7.66. The Balaban J connectivity index is 1.76. The van der Waals surface area contributed by atoms with Gasteiger partial charge in [-0.05, 0) is 42.7 Å². The molecule has 0 spiro atoms. The average molecular weight is 361 g/mol. The van der Waals surface area contributed by atoms with E-state index in [1.807, 2.05) is 29.2 Å². The van der Waals surface area contributed by atoms with Crippen molar-refractivity contribution < 1.29 is 14.3 Å². The first kappa shape index (κ1) is 17.4. The molecule has 6 heteroatoms. The second-order valence-corrected chi connectivity index (χ2v) is 6.34. The zero-order chi connectivity index (χ0) is 17.8. The van der Waals surface area contributed by atoms with Crippen LogP contribution in [0.1, 0.15) is 24.4 Å². The zero-order valence-corrected chi connectivity index (χ0v) is 15.0. The van der Waals surface area contributed by atoms with Crippen LogP contribution < -0.4 is 14.8 Å². The van der Waals surface area contributed by atoms with Gasteiger partial charge in [-0.2, -0.15) is 0 Å². The molecule has 1 aliphatic heterocycles. The molecule has 25 heavy (non-hydrogen) atoms. The quantitative estimate of drug-likeness (QED) is 0.857. The molecule has 1 saturated heterocycles. The van der Waals surface area contributed by atoms with E-state index < -0.39 is 0 Å². The first-order valence-electron chi connectivity index (χ1n) is 8.17. The molecule has 2 aromatic carbocycles. The van der Waals surface area contributed by atoms with Crippen LogP contribution in [-0.2, 0) is 0 Å². The van der Waals surface area contributed by atoms with Crippen LogP contribution in [0, 0.1) is 0 Å². The number of nitrogens with zero attached hydrogens (tertiary/aromatic N) is 1. The van der Waals surface area contributed by atoms with E-state index in [-0.39, 0.29) is 12.1 Å². The summed E-state index contributed by atoms with van der Waals surface area (Å²) >= 11 is 6.10. The Morgan fingerprint density at radius 1 is 1.16 bits per heavy atom. The Hall–Kier alpha value is -2.40. The van der Waals surface area contributed by atoms with Crippen LogP contribution in [0.15, 0.2) is 42.5 Å². The normalized spacial score (nSPS) is 16.6. The maximum absolute atomic E-state index is 12.7. The Bertz CT molecular complexity index is 766. The van der Waals surface area contributed by atoms with Gasteiger partial charge in [0, 0.05) is 23.3 Å². The summed E-state index contributed by atoms with van der Waals surface area (Å²) in [7, 11) is 3.15. The molecule has 0 aromatic heterocycles. The van der Waals surface area contributed by atoms with Gasteiger partial charge in [0.1, 0.15) is 0 Å². The third-order valence-corrected chi connectivity index (χ3v) is 4.62. The Morgan fingerprint density at radius 2 is 1.96 bits per heavy atom. The molecule has 2 aromatic rings. The smallest absolute Gasteiger partial charge is 0.322 e. The molecule has 3 rings (SSSR count). The molecule has 1 heterocycles. The maximum atomic E-state index is 12.7. The van der Waals surface area contributed by atoms with Crippen molar-refractivity contribution >= 4 is 23.3 Å². The number of hydrogen-bond acceptors (Lipinski definition) is 3. The summed E-state index contributed by atoms with van der Waals surface area (Å²) in [4.78, 5) is 14.6. The number of hydrogen-bond donors (Lipinski definition) is 1. The van der Waals surface area contributed by atoms with Crippen molar-refractivity contribution in [1.29, 1.82) is 0 Å². The van der Waals surface area contributed by atoms with Crippen LogP contribution in [0.25, 0.3) is 0 Å². The van der Waals surface area contributed by atoms with Gasteiger partial charge in [-0.3, -0.25) is 0 Å². The molecule has 0 bridgehead atoms. The van der Waals surface area contributed by atoms with Crippen molar-refractivity contribution in [3.8, 4) is 11.5 Å². The number of likely N-dealkylation sites (tertiary alicyclic amines) is 1. The minimum absolute atomic E-state index is 0.0406. The number of methoxy groups -OCH3 is 2. The van der Waals surface area contributed by atoms with Gasteiger partial charge in [-0.1, -0.05) is 23.7 Å². The number of halogens is 1. The number of ether oxygens (including phenoxy) is 2. The molecule has 0 aliphatic carbocycles. The summed E-state index contributed by atoms with van der Waals surface area (Å²) in [5.41, 5.74) is 1.73. The number of anilines is 1. The molecule has 1 aliphatic rings. The lowest BCUT2D eigenvalue weighted by Gasteiger charge is -2.25. The highest BCUT2D eigenvalue weighted by molar-refractivity contribution is 6.30. The highest BCUT2D eigenvalue weighted by Crippen LogP contribution is 2.34. The Labute approximate surface area is 152 Å². The van der Waals surface area contributed by atoms with Gasteiger partial charge in [0.25, 0.3) is 0 Å². The van der Waals surface area contributed by atoms with Gasteiger partial charge in [-0.15, -0.1) is 0 Å². The van der Waals surface area contributed by atoms with E-state index >= 15 is 0 Å². The van der Waals surface area contributed by atoms with E-state index in [4.69, 9.17) is 21.1 Å². The molecule has 2 amide bonds. The lowest BCUT2D eigenvalue weighted by atomic mass is 10.1. The highest BCUT2D eigenvalue weighted by atomic mass is 35.5. The van der Waals surface area contributed by atoms with Crippen molar-refractivity contribution in [3.05, 3.63) is 53.1 Å². The van der Waals surface area contributed by atoms with Crippen LogP contribution in [0.5, 0.6) is 11.5 Å². The first-order valence-corrected chi connectivity index (χ1v) is 8.55. The molecule has 0 radical (unpaired) electrons. The largest absolute Gasteiger partial charge is 0.493 e.